The lowest BCUT2D eigenvalue weighted by atomic mass is 9.83. The van der Waals surface area contributed by atoms with Crippen molar-refractivity contribution in [3.8, 4) is 0 Å². The lowest BCUT2D eigenvalue weighted by molar-refractivity contribution is -0.137. The summed E-state index contributed by atoms with van der Waals surface area (Å²) in [5.41, 5.74) is 0.222. The Labute approximate surface area is 128 Å². The first-order valence-corrected chi connectivity index (χ1v) is 8.70. The van der Waals surface area contributed by atoms with E-state index in [1.54, 1.807) is 0 Å². The van der Waals surface area contributed by atoms with Crippen LogP contribution in [0.1, 0.15) is 71.1 Å². The molecule has 1 aliphatic carbocycles. The smallest absolute Gasteiger partial charge is 0.303 e. The highest BCUT2D eigenvalue weighted by atomic mass is 16.5. The van der Waals surface area contributed by atoms with Gasteiger partial charge in [-0.1, -0.05) is 26.2 Å². The standard InChI is InChI=1S/C17H31NO3/c1-14(5-6-16(19)20)8-12-18-13-15-7-11-17(21-15)9-3-2-4-10-17/h14-15,18H,2-13H2,1H3,(H,19,20). The molecular weight excluding hydrogens is 266 g/mol. The maximum atomic E-state index is 10.5. The molecule has 0 amide bonds. The van der Waals surface area contributed by atoms with Gasteiger partial charge in [0.25, 0.3) is 0 Å². The van der Waals surface area contributed by atoms with Gasteiger partial charge in [-0.15, -0.1) is 0 Å². The van der Waals surface area contributed by atoms with Crippen LogP contribution >= 0.6 is 0 Å². The van der Waals surface area contributed by atoms with Crippen molar-refractivity contribution in [1.82, 2.24) is 5.32 Å². The SMILES string of the molecule is CC(CCNCC1CCC2(CCCCC2)O1)CCC(=O)O. The molecule has 0 aromatic carbocycles. The van der Waals surface area contributed by atoms with Crippen LogP contribution in [-0.4, -0.2) is 35.9 Å². The maximum Gasteiger partial charge on any atom is 0.303 e. The molecule has 122 valence electrons. The van der Waals surface area contributed by atoms with Crippen LogP contribution < -0.4 is 5.32 Å². The number of ether oxygens (including phenoxy) is 1. The second-order valence-corrected chi connectivity index (χ2v) is 7.05. The molecule has 4 nitrogen and oxygen atoms in total. The third-order valence-corrected chi connectivity index (χ3v) is 5.14. The Morgan fingerprint density at radius 2 is 2.05 bits per heavy atom. The summed E-state index contributed by atoms with van der Waals surface area (Å²) >= 11 is 0. The number of nitrogens with one attached hydrogen (secondary N) is 1. The Kier molecular flexibility index (Phi) is 6.49. The van der Waals surface area contributed by atoms with Gasteiger partial charge in [-0.3, -0.25) is 4.79 Å². The van der Waals surface area contributed by atoms with Crippen LogP contribution in [0.15, 0.2) is 0 Å². The van der Waals surface area contributed by atoms with Crippen LogP contribution in [0, 0.1) is 5.92 Å². The van der Waals surface area contributed by atoms with Crippen molar-refractivity contribution in [2.45, 2.75) is 82.8 Å². The van der Waals surface area contributed by atoms with E-state index in [0.29, 0.717) is 12.0 Å². The predicted octanol–water partition coefficient (Wildman–Crippen LogP) is 3.35. The summed E-state index contributed by atoms with van der Waals surface area (Å²) in [5, 5.41) is 12.2. The van der Waals surface area contributed by atoms with Gasteiger partial charge in [0.1, 0.15) is 0 Å². The predicted molar refractivity (Wildman–Crippen MR) is 83.4 cm³/mol. The van der Waals surface area contributed by atoms with E-state index in [4.69, 9.17) is 9.84 Å². The van der Waals surface area contributed by atoms with Gasteiger partial charge in [-0.2, -0.15) is 0 Å². The molecule has 1 aliphatic heterocycles. The lowest BCUT2D eigenvalue weighted by Crippen LogP contribution is -2.35. The molecule has 21 heavy (non-hydrogen) atoms. The molecule has 2 unspecified atom stereocenters. The first kappa shape index (κ1) is 16.8. The Balaban J connectivity index is 1.54. The average Bonchev–Trinajstić information content (AvgIpc) is 2.85. The highest BCUT2D eigenvalue weighted by molar-refractivity contribution is 5.66. The largest absolute Gasteiger partial charge is 0.481 e. The highest BCUT2D eigenvalue weighted by Gasteiger charge is 2.40. The molecule has 1 heterocycles. The van der Waals surface area contributed by atoms with E-state index < -0.39 is 5.97 Å². The molecule has 1 saturated carbocycles. The van der Waals surface area contributed by atoms with E-state index >= 15 is 0 Å². The number of carboxylic acids is 1. The minimum absolute atomic E-state index is 0.222. The first-order valence-electron chi connectivity index (χ1n) is 8.70. The second-order valence-electron chi connectivity index (χ2n) is 7.05. The van der Waals surface area contributed by atoms with Crippen LogP contribution in [0.2, 0.25) is 0 Å². The van der Waals surface area contributed by atoms with E-state index in [-0.39, 0.29) is 12.0 Å². The summed E-state index contributed by atoms with van der Waals surface area (Å²) in [5.74, 6) is -0.213. The van der Waals surface area contributed by atoms with Crippen LogP contribution in [0.3, 0.4) is 0 Å². The van der Waals surface area contributed by atoms with Crippen molar-refractivity contribution < 1.29 is 14.6 Å². The van der Waals surface area contributed by atoms with Gasteiger partial charge in [0.2, 0.25) is 0 Å². The number of rotatable bonds is 8. The van der Waals surface area contributed by atoms with E-state index in [1.165, 1.54) is 44.9 Å². The maximum absolute atomic E-state index is 10.5. The fourth-order valence-electron chi connectivity index (χ4n) is 3.73. The quantitative estimate of drug-likeness (QED) is 0.675. The van der Waals surface area contributed by atoms with Crippen LogP contribution in [0.4, 0.5) is 0 Å². The normalized spacial score (nSPS) is 26.0. The van der Waals surface area contributed by atoms with E-state index in [0.717, 1.165) is 25.9 Å². The van der Waals surface area contributed by atoms with Crippen LogP contribution in [-0.2, 0) is 9.53 Å². The molecule has 0 radical (unpaired) electrons. The molecule has 0 bridgehead atoms. The molecule has 2 rings (SSSR count). The topological polar surface area (TPSA) is 58.6 Å². The Morgan fingerprint density at radius 1 is 1.29 bits per heavy atom. The zero-order valence-electron chi connectivity index (χ0n) is 13.4. The van der Waals surface area contributed by atoms with Crippen molar-refractivity contribution in [2.24, 2.45) is 5.92 Å². The number of hydrogen-bond donors (Lipinski definition) is 2. The van der Waals surface area contributed by atoms with Crippen molar-refractivity contribution in [2.75, 3.05) is 13.1 Å². The molecular formula is C17H31NO3. The molecule has 2 aliphatic rings. The zero-order valence-corrected chi connectivity index (χ0v) is 13.4. The third kappa shape index (κ3) is 5.59. The van der Waals surface area contributed by atoms with Gasteiger partial charge in [0, 0.05) is 13.0 Å². The summed E-state index contributed by atoms with van der Waals surface area (Å²) in [7, 11) is 0. The second kappa shape index (κ2) is 8.14. The summed E-state index contributed by atoms with van der Waals surface area (Å²) in [6.45, 7) is 4.05. The fourth-order valence-corrected chi connectivity index (χ4v) is 3.73. The molecule has 0 aromatic heterocycles. The van der Waals surface area contributed by atoms with Crippen molar-refractivity contribution in [3.63, 3.8) is 0 Å². The Hall–Kier alpha value is -0.610. The highest BCUT2D eigenvalue weighted by Crippen LogP contribution is 2.41. The van der Waals surface area contributed by atoms with E-state index in [1.807, 2.05) is 0 Å². The molecule has 4 heteroatoms. The molecule has 2 atom stereocenters. The van der Waals surface area contributed by atoms with Crippen LogP contribution in [0.25, 0.3) is 0 Å². The van der Waals surface area contributed by atoms with Gasteiger partial charge in [0.15, 0.2) is 0 Å². The molecule has 2 fully saturated rings. The van der Waals surface area contributed by atoms with E-state index in [9.17, 15) is 4.79 Å². The zero-order chi connectivity index (χ0) is 15.1. The van der Waals surface area contributed by atoms with Gasteiger partial charge < -0.3 is 15.2 Å². The third-order valence-electron chi connectivity index (χ3n) is 5.14. The summed E-state index contributed by atoms with van der Waals surface area (Å²) < 4.78 is 6.34. The summed E-state index contributed by atoms with van der Waals surface area (Å²) in [4.78, 5) is 10.5. The van der Waals surface area contributed by atoms with Crippen molar-refractivity contribution in [3.05, 3.63) is 0 Å². The summed E-state index contributed by atoms with van der Waals surface area (Å²) in [6.07, 6.45) is 11.5. The number of hydrogen-bond acceptors (Lipinski definition) is 3. The lowest BCUT2D eigenvalue weighted by Gasteiger charge is -2.33. The Bertz CT molecular complexity index is 326. The van der Waals surface area contributed by atoms with Crippen LogP contribution in [0.5, 0.6) is 0 Å². The van der Waals surface area contributed by atoms with Crippen molar-refractivity contribution >= 4 is 5.97 Å². The van der Waals surface area contributed by atoms with Crippen molar-refractivity contribution in [1.29, 1.82) is 0 Å². The Morgan fingerprint density at radius 3 is 2.76 bits per heavy atom. The first-order chi connectivity index (χ1) is 10.1. The van der Waals surface area contributed by atoms with Gasteiger partial charge >= 0.3 is 5.97 Å². The molecule has 2 N–H and O–H groups in total. The van der Waals surface area contributed by atoms with E-state index in [2.05, 4.69) is 12.2 Å². The fraction of sp³-hybridized carbons (Fsp3) is 0.941. The monoisotopic (exact) mass is 297 g/mol. The average molecular weight is 297 g/mol. The minimum atomic E-state index is -0.688. The molecule has 1 saturated heterocycles. The number of aliphatic carboxylic acids is 1. The van der Waals surface area contributed by atoms with Gasteiger partial charge in [-0.25, -0.2) is 0 Å². The number of carboxylic acid groups (broad SMARTS) is 1. The minimum Gasteiger partial charge on any atom is -0.481 e. The molecule has 1 spiro atoms. The number of carbonyl (C=O) groups is 1. The van der Waals surface area contributed by atoms with Gasteiger partial charge in [-0.05, 0) is 51.0 Å². The molecule has 0 aromatic rings. The summed E-state index contributed by atoms with van der Waals surface area (Å²) in [6, 6.07) is 0. The van der Waals surface area contributed by atoms with Gasteiger partial charge in [0.05, 0.1) is 11.7 Å².